The zero-order chi connectivity index (χ0) is 17.4. The number of likely N-dealkylation sites (N-methyl/N-ethyl adjacent to an activating group) is 1. The molecular formula is C20H30FN2OY+. The van der Waals surface area contributed by atoms with Crippen molar-refractivity contribution in [2.24, 2.45) is 0 Å². The second-order valence-corrected chi connectivity index (χ2v) is 7.72. The molecule has 5 heteroatoms. The normalized spacial score (nSPS) is 21.0. The Bertz CT molecular complexity index is 612. The van der Waals surface area contributed by atoms with Crippen LogP contribution in [0.2, 0.25) is 0 Å². The Labute approximate surface area is 176 Å². The van der Waals surface area contributed by atoms with Gasteiger partial charge in [-0.2, -0.15) is 0 Å². The van der Waals surface area contributed by atoms with Crippen molar-refractivity contribution in [1.29, 1.82) is 0 Å². The summed E-state index contributed by atoms with van der Waals surface area (Å²) in [5.41, 5.74) is 2.13. The number of hydrogen-bond acceptors (Lipinski definition) is 1. The SMILES string of the molecule is CC[N+]1(C2(C(=O)Nc3c(C)cc(F)cc3C)CC2)CCCCCC1.[Y]. The van der Waals surface area contributed by atoms with Crippen molar-refractivity contribution in [2.75, 3.05) is 25.0 Å². The Kier molecular flexibility index (Phi) is 6.84. The molecule has 25 heavy (non-hydrogen) atoms. The van der Waals surface area contributed by atoms with E-state index in [1.165, 1.54) is 37.8 Å². The Balaban J connectivity index is 0.00000225. The zero-order valence-electron chi connectivity index (χ0n) is 15.8. The molecule has 0 aromatic heterocycles. The van der Waals surface area contributed by atoms with E-state index < -0.39 is 0 Å². The Hall–Kier alpha value is -0.316. The van der Waals surface area contributed by atoms with Crippen LogP contribution >= 0.6 is 0 Å². The van der Waals surface area contributed by atoms with Crippen molar-refractivity contribution < 1.29 is 46.4 Å². The molecule has 1 aliphatic carbocycles. The summed E-state index contributed by atoms with van der Waals surface area (Å²) in [7, 11) is 0. The molecule has 1 heterocycles. The van der Waals surface area contributed by atoms with Gasteiger partial charge >= 0.3 is 0 Å². The van der Waals surface area contributed by atoms with Crippen LogP contribution in [0.5, 0.6) is 0 Å². The Morgan fingerprint density at radius 2 is 1.64 bits per heavy atom. The number of benzene rings is 1. The first-order chi connectivity index (χ1) is 11.4. The number of nitrogens with one attached hydrogen (secondary N) is 1. The van der Waals surface area contributed by atoms with Gasteiger partial charge < -0.3 is 9.80 Å². The largest absolute Gasteiger partial charge is 0.320 e. The van der Waals surface area contributed by atoms with E-state index in [2.05, 4.69) is 12.2 Å². The molecule has 3 nitrogen and oxygen atoms in total. The molecule has 2 aliphatic rings. The van der Waals surface area contributed by atoms with Gasteiger partial charge in [-0.15, -0.1) is 0 Å². The average molecular weight is 422 g/mol. The molecule has 0 spiro atoms. The average Bonchev–Trinajstić information content (AvgIpc) is 3.34. The van der Waals surface area contributed by atoms with Gasteiger partial charge in [0.15, 0.2) is 5.54 Å². The first-order valence-electron chi connectivity index (χ1n) is 9.38. The zero-order valence-corrected chi connectivity index (χ0v) is 18.7. The number of carbonyl (C=O) groups excluding carboxylic acids is 1. The second kappa shape index (κ2) is 8.14. The summed E-state index contributed by atoms with van der Waals surface area (Å²) in [4.78, 5) is 13.2. The molecular weight excluding hydrogens is 392 g/mol. The maximum absolute atomic E-state index is 13.5. The molecule has 1 saturated carbocycles. The molecule has 1 N–H and O–H groups in total. The molecule has 1 amide bonds. The minimum atomic E-state index is -0.258. The summed E-state index contributed by atoms with van der Waals surface area (Å²) in [6.45, 7) is 9.21. The topological polar surface area (TPSA) is 29.1 Å². The molecule has 1 aromatic carbocycles. The van der Waals surface area contributed by atoms with Crippen molar-refractivity contribution in [1.82, 2.24) is 0 Å². The molecule has 0 bridgehead atoms. The predicted molar refractivity (Wildman–Crippen MR) is 95.5 cm³/mol. The van der Waals surface area contributed by atoms with Crippen LogP contribution in [0.25, 0.3) is 0 Å². The Morgan fingerprint density at radius 3 is 2.08 bits per heavy atom. The van der Waals surface area contributed by atoms with E-state index in [-0.39, 0.29) is 50.0 Å². The number of nitrogens with zero attached hydrogens (tertiary/aromatic N) is 1. The second-order valence-electron chi connectivity index (χ2n) is 7.72. The van der Waals surface area contributed by atoms with Gasteiger partial charge in [0.05, 0.1) is 19.6 Å². The third-order valence-corrected chi connectivity index (χ3v) is 6.32. The predicted octanol–water partition coefficient (Wildman–Crippen LogP) is 4.32. The molecule has 1 radical (unpaired) electrons. The minimum absolute atomic E-state index is 0. The molecule has 0 atom stereocenters. The van der Waals surface area contributed by atoms with Crippen molar-refractivity contribution >= 4 is 11.6 Å². The molecule has 1 aromatic rings. The summed E-state index contributed by atoms with van der Waals surface area (Å²) < 4.78 is 14.5. The van der Waals surface area contributed by atoms with Crippen molar-refractivity contribution in [3.8, 4) is 0 Å². The fraction of sp³-hybridized carbons (Fsp3) is 0.650. The molecule has 2 fully saturated rings. The monoisotopic (exact) mass is 422 g/mol. The van der Waals surface area contributed by atoms with Gasteiger partial charge in [0.2, 0.25) is 0 Å². The minimum Gasteiger partial charge on any atom is -0.320 e. The molecule has 135 valence electrons. The van der Waals surface area contributed by atoms with Gasteiger partial charge in [-0.05, 0) is 69.7 Å². The third-order valence-electron chi connectivity index (χ3n) is 6.32. The Morgan fingerprint density at radius 1 is 1.12 bits per heavy atom. The number of amides is 1. The third kappa shape index (κ3) is 3.86. The number of likely N-dealkylation sites (tertiary alicyclic amines) is 1. The number of halogens is 1. The number of anilines is 1. The van der Waals surface area contributed by atoms with Crippen LogP contribution in [0, 0.1) is 19.7 Å². The van der Waals surface area contributed by atoms with Crippen LogP contribution in [0.3, 0.4) is 0 Å². The van der Waals surface area contributed by atoms with E-state index >= 15 is 0 Å². The van der Waals surface area contributed by atoms with Gasteiger partial charge in [0.25, 0.3) is 5.91 Å². The van der Waals surface area contributed by atoms with Gasteiger partial charge in [0.1, 0.15) is 5.82 Å². The summed E-state index contributed by atoms with van der Waals surface area (Å²) in [5, 5.41) is 3.16. The molecule has 1 saturated heterocycles. The van der Waals surface area contributed by atoms with Crippen LogP contribution in [0.4, 0.5) is 10.1 Å². The van der Waals surface area contributed by atoms with E-state index in [9.17, 15) is 9.18 Å². The van der Waals surface area contributed by atoms with Crippen molar-refractivity contribution in [3.63, 3.8) is 0 Å². The summed E-state index contributed by atoms with van der Waals surface area (Å²) in [5.74, 6) is -0.0993. The fourth-order valence-electron chi connectivity index (χ4n) is 4.71. The summed E-state index contributed by atoms with van der Waals surface area (Å²) in [6.07, 6.45) is 6.97. The van der Waals surface area contributed by atoms with Gasteiger partial charge in [-0.1, -0.05) is 0 Å². The van der Waals surface area contributed by atoms with Crippen LogP contribution in [0.15, 0.2) is 12.1 Å². The first kappa shape index (κ1) is 21.0. The van der Waals surface area contributed by atoms with Crippen LogP contribution in [0.1, 0.15) is 56.6 Å². The maximum atomic E-state index is 13.5. The quantitative estimate of drug-likeness (QED) is 0.720. The van der Waals surface area contributed by atoms with E-state index in [0.717, 1.165) is 53.8 Å². The number of rotatable bonds is 4. The standard InChI is InChI=1S/C20H29FN2O.Y/c1-4-23(11-7-5-6-8-12-23)20(9-10-20)19(24)22-18-15(2)13-17(21)14-16(18)3;/h13-14H,4-12H2,1-3H3;/p+1. The van der Waals surface area contributed by atoms with Crippen LogP contribution < -0.4 is 5.32 Å². The van der Waals surface area contributed by atoms with E-state index in [1.54, 1.807) is 0 Å². The van der Waals surface area contributed by atoms with Gasteiger partial charge in [-0.25, -0.2) is 4.39 Å². The van der Waals surface area contributed by atoms with Gasteiger partial charge in [0, 0.05) is 51.2 Å². The van der Waals surface area contributed by atoms with Crippen molar-refractivity contribution in [3.05, 3.63) is 29.1 Å². The molecule has 1 aliphatic heterocycles. The molecule has 0 unspecified atom stereocenters. The molecule has 3 rings (SSSR count). The number of aryl methyl sites for hydroxylation is 2. The van der Waals surface area contributed by atoms with Crippen LogP contribution in [-0.4, -0.2) is 35.6 Å². The van der Waals surface area contributed by atoms with E-state index in [1.807, 2.05) is 13.8 Å². The fourth-order valence-corrected chi connectivity index (χ4v) is 4.71. The summed E-state index contributed by atoms with van der Waals surface area (Å²) >= 11 is 0. The number of carbonyl (C=O) groups is 1. The number of hydrogen-bond donors (Lipinski definition) is 1. The number of quaternary nitrogens is 1. The maximum Gasteiger partial charge on any atom is 0.285 e. The van der Waals surface area contributed by atoms with Crippen molar-refractivity contribution in [2.45, 2.75) is 64.8 Å². The smallest absolute Gasteiger partial charge is 0.285 e. The summed E-state index contributed by atoms with van der Waals surface area (Å²) in [6, 6.07) is 3.00. The van der Waals surface area contributed by atoms with Crippen LogP contribution in [-0.2, 0) is 37.5 Å². The van der Waals surface area contributed by atoms with E-state index in [4.69, 9.17) is 0 Å². The van der Waals surface area contributed by atoms with Gasteiger partial charge in [-0.3, -0.25) is 4.79 Å². The van der Waals surface area contributed by atoms with E-state index in [0.29, 0.717) is 0 Å². The first-order valence-corrected chi connectivity index (χ1v) is 9.38.